The first-order valence-corrected chi connectivity index (χ1v) is 17.6. The van der Waals surface area contributed by atoms with Crippen molar-refractivity contribution in [1.29, 1.82) is 0 Å². The minimum absolute atomic E-state index is 0.706. The van der Waals surface area contributed by atoms with E-state index in [-0.39, 0.29) is 0 Å². The number of hydrogen-bond donors (Lipinski definition) is 0. The van der Waals surface area contributed by atoms with Gasteiger partial charge >= 0.3 is 0 Å². The van der Waals surface area contributed by atoms with Crippen molar-refractivity contribution < 1.29 is 0 Å². The van der Waals surface area contributed by atoms with Crippen molar-refractivity contribution in [3.8, 4) is 39.6 Å². The van der Waals surface area contributed by atoms with Gasteiger partial charge in [0.1, 0.15) is 0 Å². The molecular formula is C48H32N4. The van der Waals surface area contributed by atoms with Crippen LogP contribution >= 0.6 is 0 Å². The second kappa shape index (κ2) is 12.4. The van der Waals surface area contributed by atoms with Gasteiger partial charge in [-0.15, -0.1) is 0 Å². The molecule has 0 spiro atoms. The van der Waals surface area contributed by atoms with Crippen LogP contribution in [0.15, 0.2) is 182 Å². The third-order valence-electron chi connectivity index (χ3n) is 9.95. The zero-order chi connectivity index (χ0) is 34.4. The highest BCUT2D eigenvalue weighted by Gasteiger charge is 2.24. The Labute approximate surface area is 302 Å². The van der Waals surface area contributed by atoms with Crippen LogP contribution in [0.1, 0.15) is 11.1 Å². The van der Waals surface area contributed by atoms with E-state index in [1.165, 1.54) is 21.9 Å². The maximum Gasteiger partial charge on any atom is 0.160 e. The first-order valence-electron chi connectivity index (χ1n) is 17.6. The predicted molar refractivity (Wildman–Crippen MR) is 216 cm³/mol. The quantitative estimate of drug-likeness (QED) is 0.184. The number of fused-ring (bicyclic) bond motifs is 6. The number of benzene rings is 7. The van der Waals surface area contributed by atoms with E-state index in [0.717, 1.165) is 61.9 Å². The minimum Gasteiger partial charge on any atom is -0.309 e. The Balaban J connectivity index is 1.18. The summed E-state index contributed by atoms with van der Waals surface area (Å²) in [7, 11) is 0. The number of aromatic nitrogens is 3. The Morgan fingerprint density at radius 1 is 0.404 bits per heavy atom. The molecule has 10 rings (SSSR count). The SMILES string of the molecule is C1=Cc2c(ccc3c2c2ccccc2n3-c2cccc(-c3cc(-c4ccccc4)nc(-c4ccccc4)n3)c2)N(c2ccccc2)c2ccccc21. The Morgan fingerprint density at radius 3 is 1.85 bits per heavy atom. The van der Waals surface area contributed by atoms with Gasteiger partial charge in [0.2, 0.25) is 0 Å². The van der Waals surface area contributed by atoms with E-state index in [2.05, 4.69) is 179 Å². The highest BCUT2D eigenvalue weighted by molar-refractivity contribution is 6.16. The average molecular weight is 665 g/mol. The lowest BCUT2D eigenvalue weighted by Gasteiger charge is -2.27. The lowest BCUT2D eigenvalue weighted by atomic mass is 10.0. The summed E-state index contributed by atoms with van der Waals surface area (Å²) in [5.74, 6) is 0.706. The van der Waals surface area contributed by atoms with E-state index in [1.807, 2.05) is 24.3 Å². The summed E-state index contributed by atoms with van der Waals surface area (Å²) >= 11 is 0. The standard InChI is InChI=1S/C48H32N4/c1-4-15-33(16-5-1)41-32-42(50-48(49-41)35-18-6-2-7-19-35)36-20-14-23-38(31-36)52-44-26-13-11-24-39(44)47-40-28-27-34-17-10-12-25-43(34)51(37-21-8-3-9-22-37)45(40)29-30-46(47)52/h1-32H. The third kappa shape index (κ3) is 5.00. The number of rotatable bonds is 5. The molecule has 0 saturated carbocycles. The van der Waals surface area contributed by atoms with Gasteiger partial charge in [-0.2, -0.15) is 0 Å². The lowest BCUT2D eigenvalue weighted by Crippen LogP contribution is -2.11. The highest BCUT2D eigenvalue weighted by Crippen LogP contribution is 2.46. The lowest BCUT2D eigenvalue weighted by molar-refractivity contribution is 1.16. The molecule has 4 heteroatoms. The molecule has 1 aliphatic heterocycles. The Kier molecular flexibility index (Phi) is 7.10. The van der Waals surface area contributed by atoms with Crippen molar-refractivity contribution in [2.45, 2.75) is 0 Å². The Hall–Kier alpha value is -7.04. The van der Waals surface area contributed by atoms with Crippen molar-refractivity contribution in [2.24, 2.45) is 0 Å². The third-order valence-corrected chi connectivity index (χ3v) is 9.95. The van der Waals surface area contributed by atoms with Crippen LogP contribution in [0.2, 0.25) is 0 Å². The number of anilines is 3. The van der Waals surface area contributed by atoms with Crippen LogP contribution in [0.25, 0.3) is 73.5 Å². The van der Waals surface area contributed by atoms with Crippen molar-refractivity contribution >= 4 is 51.0 Å². The van der Waals surface area contributed by atoms with Gasteiger partial charge in [0.15, 0.2) is 5.82 Å². The number of para-hydroxylation sites is 3. The molecular weight excluding hydrogens is 633 g/mol. The van der Waals surface area contributed by atoms with Crippen molar-refractivity contribution in [2.75, 3.05) is 4.90 Å². The van der Waals surface area contributed by atoms with Crippen molar-refractivity contribution in [3.05, 3.63) is 193 Å². The first kappa shape index (κ1) is 29.8. The van der Waals surface area contributed by atoms with Gasteiger partial charge in [-0.1, -0.05) is 140 Å². The van der Waals surface area contributed by atoms with Crippen LogP contribution in [0.4, 0.5) is 17.1 Å². The second-order valence-corrected chi connectivity index (χ2v) is 13.1. The molecule has 0 saturated heterocycles. The molecule has 0 N–H and O–H groups in total. The largest absolute Gasteiger partial charge is 0.309 e. The summed E-state index contributed by atoms with van der Waals surface area (Å²) in [6.45, 7) is 0. The molecule has 2 aromatic heterocycles. The predicted octanol–water partition coefficient (Wildman–Crippen LogP) is 12.5. The molecule has 0 bridgehead atoms. The highest BCUT2D eigenvalue weighted by atomic mass is 15.1. The smallest absolute Gasteiger partial charge is 0.160 e. The molecule has 0 fully saturated rings. The van der Waals surface area contributed by atoms with Gasteiger partial charge in [0.05, 0.1) is 33.8 Å². The maximum absolute atomic E-state index is 5.14. The first-order chi connectivity index (χ1) is 25.8. The summed E-state index contributed by atoms with van der Waals surface area (Å²) in [5.41, 5.74) is 14.0. The van der Waals surface area contributed by atoms with E-state index >= 15 is 0 Å². The van der Waals surface area contributed by atoms with E-state index in [1.54, 1.807) is 0 Å². The molecule has 7 aromatic carbocycles. The van der Waals surface area contributed by atoms with Gasteiger partial charge in [-0.3, -0.25) is 0 Å². The monoisotopic (exact) mass is 664 g/mol. The summed E-state index contributed by atoms with van der Waals surface area (Å²) < 4.78 is 2.39. The summed E-state index contributed by atoms with van der Waals surface area (Å²) in [6, 6.07) is 64.0. The molecule has 52 heavy (non-hydrogen) atoms. The van der Waals surface area contributed by atoms with Gasteiger partial charge in [0.25, 0.3) is 0 Å². The van der Waals surface area contributed by atoms with E-state index in [4.69, 9.17) is 9.97 Å². The molecule has 3 heterocycles. The van der Waals surface area contributed by atoms with Crippen molar-refractivity contribution in [1.82, 2.24) is 14.5 Å². The molecule has 244 valence electrons. The zero-order valence-corrected chi connectivity index (χ0v) is 28.3. The van der Waals surface area contributed by atoms with Gasteiger partial charge in [-0.05, 0) is 60.2 Å². The van der Waals surface area contributed by atoms with E-state index < -0.39 is 0 Å². The minimum atomic E-state index is 0.706. The number of hydrogen-bond acceptors (Lipinski definition) is 3. The molecule has 0 radical (unpaired) electrons. The van der Waals surface area contributed by atoms with Crippen LogP contribution in [0, 0.1) is 0 Å². The van der Waals surface area contributed by atoms with Gasteiger partial charge < -0.3 is 9.47 Å². The van der Waals surface area contributed by atoms with Gasteiger partial charge in [-0.25, -0.2) is 9.97 Å². The summed E-state index contributed by atoms with van der Waals surface area (Å²) in [4.78, 5) is 12.5. The fraction of sp³-hybridized carbons (Fsp3) is 0. The number of nitrogens with zero attached hydrogens (tertiary/aromatic N) is 4. The Morgan fingerprint density at radius 2 is 1.04 bits per heavy atom. The van der Waals surface area contributed by atoms with E-state index in [9.17, 15) is 0 Å². The normalized spacial score (nSPS) is 12.1. The summed E-state index contributed by atoms with van der Waals surface area (Å²) in [6.07, 6.45) is 4.55. The fourth-order valence-electron chi connectivity index (χ4n) is 7.58. The summed E-state index contributed by atoms with van der Waals surface area (Å²) in [5, 5.41) is 2.44. The van der Waals surface area contributed by atoms with Crippen LogP contribution < -0.4 is 4.90 Å². The maximum atomic E-state index is 5.14. The van der Waals surface area contributed by atoms with Crippen LogP contribution in [-0.2, 0) is 0 Å². The molecule has 1 aliphatic rings. The van der Waals surface area contributed by atoms with Crippen molar-refractivity contribution in [3.63, 3.8) is 0 Å². The fourth-order valence-corrected chi connectivity index (χ4v) is 7.58. The Bertz CT molecular complexity index is 2730. The molecule has 9 aromatic rings. The molecule has 0 atom stereocenters. The second-order valence-electron chi connectivity index (χ2n) is 13.1. The van der Waals surface area contributed by atoms with Crippen LogP contribution in [0.5, 0.6) is 0 Å². The molecule has 0 amide bonds. The van der Waals surface area contributed by atoms with E-state index in [0.29, 0.717) is 5.82 Å². The van der Waals surface area contributed by atoms with Gasteiger partial charge in [0, 0.05) is 44.4 Å². The zero-order valence-electron chi connectivity index (χ0n) is 28.3. The average Bonchev–Trinajstić information content (AvgIpc) is 3.46. The van der Waals surface area contributed by atoms with Crippen LogP contribution in [0.3, 0.4) is 0 Å². The topological polar surface area (TPSA) is 34.0 Å². The molecule has 0 unspecified atom stereocenters. The molecule has 0 aliphatic carbocycles. The van der Waals surface area contributed by atoms with Crippen LogP contribution in [-0.4, -0.2) is 14.5 Å². The molecule has 4 nitrogen and oxygen atoms in total.